The van der Waals surface area contributed by atoms with Gasteiger partial charge in [0.05, 0.1) is 30.4 Å². The van der Waals surface area contributed by atoms with Crippen molar-refractivity contribution in [1.29, 1.82) is 0 Å². The zero-order valence-corrected chi connectivity index (χ0v) is 12.7. The maximum atomic E-state index is 11.0. The van der Waals surface area contributed by atoms with Gasteiger partial charge < -0.3 is 19.3 Å². The van der Waals surface area contributed by atoms with Crippen LogP contribution in [0.3, 0.4) is 0 Å². The minimum atomic E-state index is -1.06. The van der Waals surface area contributed by atoms with E-state index in [2.05, 4.69) is 0 Å². The van der Waals surface area contributed by atoms with Gasteiger partial charge in [0.1, 0.15) is 0 Å². The summed E-state index contributed by atoms with van der Waals surface area (Å²) in [5, 5.41) is 9.23. The lowest BCUT2D eigenvalue weighted by Crippen LogP contribution is -2.08. The summed E-state index contributed by atoms with van der Waals surface area (Å²) < 4.78 is 16.3. The average molecular weight is 315 g/mol. The van der Waals surface area contributed by atoms with E-state index in [1.54, 1.807) is 0 Å². The summed E-state index contributed by atoms with van der Waals surface area (Å²) in [6.45, 7) is 1.34. The third kappa shape index (κ3) is 4.25. The molecule has 0 bridgehead atoms. The van der Waals surface area contributed by atoms with E-state index in [9.17, 15) is 4.79 Å². The Bertz CT molecular complexity index is 497. The molecule has 0 amide bonds. The molecule has 1 heterocycles. The smallest absolute Gasteiger partial charge is 0.335 e. The first kappa shape index (κ1) is 15.9. The normalized spacial score (nSPS) is 17.7. The molecule has 5 nitrogen and oxygen atoms in total. The number of carboxylic acid groups (broad SMARTS) is 1. The van der Waals surface area contributed by atoms with E-state index >= 15 is 0 Å². The van der Waals surface area contributed by atoms with E-state index in [0.29, 0.717) is 24.2 Å². The fourth-order valence-corrected chi connectivity index (χ4v) is 2.61. The number of carbonyl (C=O) groups is 1. The molecule has 1 N–H and O–H groups in total. The maximum absolute atomic E-state index is 11.0. The SMILES string of the molecule is COc1cc(C(=O)O)cc(Cl)c1OCCCC1CCCO1. The van der Waals surface area contributed by atoms with Gasteiger partial charge >= 0.3 is 5.97 Å². The van der Waals surface area contributed by atoms with Gasteiger partial charge in [0.25, 0.3) is 0 Å². The van der Waals surface area contributed by atoms with Crippen LogP contribution in [-0.4, -0.2) is 37.5 Å². The second kappa shape index (κ2) is 7.52. The molecule has 1 fully saturated rings. The molecule has 6 heteroatoms. The number of aromatic carboxylic acids is 1. The second-order valence-electron chi connectivity index (χ2n) is 4.92. The Morgan fingerprint density at radius 1 is 1.52 bits per heavy atom. The van der Waals surface area contributed by atoms with Gasteiger partial charge in [-0.25, -0.2) is 4.79 Å². The first-order chi connectivity index (χ1) is 10.1. The van der Waals surface area contributed by atoms with Gasteiger partial charge in [0, 0.05) is 6.61 Å². The van der Waals surface area contributed by atoms with Crippen LogP contribution in [0.2, 0.25) is 5.02 Å². The number of hydrogen-bond acceptors (Lipinski definition) is 4. The Kier molecular flexibility index (Phi) is 5.70. The van der Waals surface area contributed by atoms with Gasteiger partial charge in [-0.1, -0.05) is 11.6 Å². The number of methoxy groups -OCH3 is 1. The first-order valence-electron chi connectivity index (χ1n) is 6.97. The van der Waals surface area contributed by atoms with Gasteiger partial charge in [0.2, 0.25) is 0 Å². The number of hydrogen-bond donors (Lipinski definition) is 1. The van der Waals surface area contributed by atoms with Crippen LogP contribution in [0.25, 0.3) is 0 Å². The molecule has 0 aromatic heterocycles. The summed E-state index contributed by atoms with van der Waals surface area (Å²) in [6, 6.07) is 2.77. The second-order valence-corrected chi connectivity index (χ2v) is 5.33. The van der Waals surface area contributed by atoms with Crippen molar-refractivity contribution in [3.63, 3.8) is 0 Å². The van der Waals surface area contributed by atoms with Gasteiger partial charge in [-0.2, -0.15) is 0 Å². The van der Waals surface area contributed by atoms with E-state index in [-0.39, 0.29) is 10.6 Å². The Hall–Kier alpha value is -1.46. The van der Waals surface area contributed by atoms with Crippen LogP contribution in [-0.2, 0) is 4.74 Å². The first-order valence-corrected chi connectivity index (χ1v) is 7.35. The molecule has 1 aliphatic rings. The van der Waals surface area contributed by atoms with Crippen molar-refractivity contribution in [1.82, 2.24) is 0 Å². The van der Waals surface area contributed by atoms with Crippen LogP contribution in [0.4, 0.5) is 0 Å². The van der Waals surface area contributed by atoms with E-state index in [1.807, 2.05) is 0 Å². The molecule has 1 unspecified atom stereocenters. The highest BCUT2D eigenvalue weighted by Crippen LogP contribution is 2.36. The van der Waals surface area contributed by atoms with Crippen LogP contribution in [0.5, 0.6) is 11.5 Å². The predicted molar refractivity (Wildman–Crippen MR) is 78.7 cm³/mol. The minimum absolute atomic E-state index is 0.0727. The summed E-state index contributed by atoms with van der Waals surface area (Å²) >= 11 is 6.07. The van der Waals surface area contributed by atoms with E-state index in [0.717, 1.165) is 32.3 Å². The Balaban J connectivity index is 1.93. The highest BCUT2D eigenvalue weighted by molar-refractivity contribution is 6.32. The van der Waals surface area contributed by atoms with Crippen LogP contribution >= 0.6 is 11.6 Å². The van der Waals surface area contributed by atoms with Gasteiger partial charge in [0.15, 0.2) is 11.5 Å². The highest BCUT2D eigenvalue weighted by atomic mass is 35.5. The highest BCUT2D eigenvalue weighted by Gasteiger charge is 2.17. The van der Waals surface area contributed by atoms with Crippen molar-refractivity contribution < 1.29 is 24.1 Å². The number of halogens is 1. The monoisotopic (exact) mass is 314 g/mol. The molecule has 2 rings (SSSR count). The standard InChI is InChI=1S/C15H19ClO5/c1-19-13-9-10(15(17)18)8-12(16)14(13)21-7-3-5-11-4-2-6-20-11/h8-9,11H,2-7H2,1H3,(H,17,18). The summed E-state index contributed by atoms with van der Waals surface area (Å²) in [5.74, 6) is -0.339. The third-order valence-electron chi connectivity index (χ3n) is 3.42. The van der Waals surface area contributed by atoms with Crippen LogP contribution in [0.15, 0.2) is 12.1 Å². The topological polar surface area (TPSA) is 65.0 Å². The molecular weight excluding hydrogens is 296 g/mol. The van der Waals surface area contributed by atoms with Crippen LogP contribution in [0.1, 0.15) is 36.0 Å². The zero-order chi connectivity index (χ0) is 15.2. The lowest BCUT2D eigenvalue weighted by Gasteiger charge is -2.14. The average Bonchev–Trinajstić information content (AvgIpc) is 2.97. The Morgan fingerprint density at radius 3 is 2.95 bits per heavy atom. The third-order valence-corrected chi connectivity index (χ3v) is 3.70. The van der Waals surface area contributed by atoms with Gasteiger partial charge in [-0.3, -0.25) is 0 Å². The van der Waals surface area contributed by atoms with Gasteiger partial charge in [-0.15, -0.1) is 0 Å². The lowest BCUT2D eigenvalue weighted by atomic mass is 10.1. The molecule has 1 aromatic rings. The zero-order valence-electron chi connectivity index (χ0n) is 11.9. The number of carboxylic acids is 1. The largest absolute Gasteiger partial charge is 0.493 e. The van der Waals surface area contributed by atoms with Crippen molar-refractivity contribution in [2.24, 2.45) is 0 Å². The van der Waals surface area contributed by atoms with Crippen LogP contribution in [0, 0.1) is 0 Å². The molecule has 0 aliphatic carbocycles. The van der Waals surface area contributed by atoms with Crippen molar-refractivity contribution in [3.05, 3.63) is 22.7 Å². The molecule has 1 atom stereocenters. The number of rotatable bonds is 7. The quantitative estimate of drug-likeness (QED) is 0.782. The fraction of sp³-hybridized carbons (Fsp3) is 0.533. The van der Waals surface area contributed by atoms with E-state index in [4.69, 9.17) is 30.9 Å². The summed E-state index contributed by atoms with van der Waals surface area (Å²) in [5.41, 5.74) is 0.0727. The van der Waals surface area contributed by atoms with E-state index < -0.39 is 5.97 Å². The Labute approximate surface area is 128 Å². The molecule has 1 saturated heterocycles. The molecule has 0 spiro atoms. The van der Waals surface area contributed by atoms with Crippen molar-refractivity contribution >= 4 is 17.6 Å². The molecule has 0 radical (unpaired) electrons. The molecular formula is C15H19ClO5. The van der Waals surface area contributed by atoms with Crippen molar-refractivity contribution in [3.8, 4) is 11.5 Å². The summed E-state index contributed by atoms with van der Waals surface area (Å²) in [6.07, 6.45) is 4.37. The molecule has 0 saturated carbocycles. The lowest BCUT2D eigenvalue weighted by molar-refractivity contribution is 0.0696. The number of benzene rings is 1. The number of ether oxygens (including phenoxy) is 3. The summed E-state index contributed by atoms with van der Waals surface area (Å²) in [4.78, 5) is 11.0. The van der Waals surface area contributed by atoms with E-state index in [1.165, 1.54) is 19.2 Å². The minimum Gasteiger partial charge on any atom is -0.493 e. The predicted octanol–water partition coefficient (Wildman–Crippen LogP) is 3.38. The maximum Gasteiger partial charge on any atom is 0.335 e. The summed E-state index contributed by atoms with van der Waals surface area (Å²) in [7, 11) is 1.45. The molecule has 1 aromatic carbocycles. The van der Waals surface area contributed by atoms with Gasteiger partial charge in [-0.05, 0) is 37.8 Å². The van der Waals surface area contributed by atoms with Crippen molar-refractivity contribution in [2.45, 2.75) is 31.8 Å². The molecule has 1 aliphatic heterocycles. The van der Waals surface area contributed by atoms with Crippen molar-refractivity contribution in [2.75, 3.05) is 20.3 Å². The molecule has 21 heavy (non-hydrogen) atoms. The Morgan fingerprint density at radius 2 is 2.33 bits per heavy atom. The fourth-order valence-electron chi connectivity index (χ4n) is 2.34. The molecule has 116 valence electrons. The van der Waals surface area contributed by atoms with Crippen LogP contribution < -0.4 is 9.47 Å².